The summed E-state index contributed by atoms with van der Waals surface area (Å²) in [4.78, 5) is 26.1. The van der Waals surface area contributed by atoms with Crippen LogP contribution in [0.2, 0.25) is 0 Å². The summed E-state index contributed by atoms with van der Waals surface area (Å²) < 4.78 is 6.83. The van der Waals surface area contributed by atoms with Crippen LogP contribution in [0.25, 0.3) is 0 Å². The first-order valence-electron chi connectivity index (χ1n) is 7.57. The highest BCUT2D eigenvalue weighted by atomic mass is 79.9. The monoisotopic (exact) mass is 376 g/mol. The molecule has 3 aliphatic rings. The third-order valence-electron chi connectivity index (χ3n) is 5.22. The predicted molar refractivity (Wildman–Crippen MR) is 83.0 cm³/mol. The third-order valence-corrected chi connectivity index (χ3v) is 5.75. The number of carbonyl (C=O) groups is 2. The normalized spacial score (nSPS) is 35.7. The summed E-state index contributed by atoms with van der Waals surface area (Å²) in [5, 5.41) is 11.5. The van der Waals surface area contributed by atoms with Crippen LogP contribution in [-0.2, 0) is 14.3 Å². The molecule has 5 nitrogen and oxygen atoms in total. The molecule has 6 heteroatoms. The number of halogens is 1. The maximum Gasteiger partial charge on any atom is 0.230 e. The molecule has 1 spiro atoms. The minimum Gasteiger partial charge on any atom is -0.550 e. The van der Waals surface area contributed by atoms with Crippen molar-refractivity contribution in [2.45, 2.75) is 24.7 Å². The molecular formula is C17H15BrNO4-. The Hall–Kier alpha value is -1.66. The van der Waals surface area contributed by atoms with Gasteiger partial charge < -0.3 is 19.5 Å². The van der Waals surface area contributed by atoms with E-state index in [9.17, 15) is 14.7 Å². The highest BCUT2D eigenvalue weighted by molar-refractivity contribution is 9.10. The van der Waals surface area contributed by atoms with E-state index in [2.05, 4.69) is 15.9 Å². The Morgan fingerprint density at radius 1 is 1.43 bits per heavy atom. The van der Waals surface area contributed by atoms with Crippen LogP contribution in [0.4, 0.5) is 0 Å². The van der Waals surface area contributed by atoms with Gasteiger partial charge in [0.2, 0.25) is 5.91 Å². The van der Waals surface area contributed by atoms with E-state index >= 15 is 0 Å². The number of hydrogen-bond donors (Lipinski definition) is 0. The first-order valence-corrected chi connectivity index (χ1v) is 8.36. The Balaban J connectivity index is 1.66. The molecule has 2 fully saturated rings. The molecule has 120 valence electrons. The van der Waals surface area contributed by atoms with Crippen molar-refractivity contribution in [1.82, 2.24) is 4.90 Å². The second-order valence-corrected chi connectivity index (χ2v) is 7.33. The maximum absolute atomic E-state index is 12.9. The molecule has 1 amide bonds. The lowest BCUT2D eigenvalue weighted by Gasteiger charge is -2.28. The quantitative estimate of drug-likeness (QED) is 0.739. The smallest absolute Gasteiger partial charge is 0.230 e. The highest BCUT2D eigenvalue weighted by Crippen LogP contribution is 2.53. The first kappa shape index (κ1) is 14.9. The van der Waals surface area contributed by atoms with E-state index in [1.807, 2.05) is 37.3 Å². The van der Waals surface area contributed by atoms with Crippen molar-refractivity contribution in [2.75, 3.05) is 6.54 Å². The summed E-state index contributed by atoms with van der Waals surface area (Å²) in [5.74, 6) is -2.95. The van der Waals surface area contributed by atoms with Crippen molar-refractivity contribution in [3.63, 3.8) is 0 Å². The zero-order valence-electron chi connectivity index (χ0n) is 12.4. The second kappa shape index (κ2) is 4.92. The largest absolute Gasteiger partial charge is 0.550 e. The van der Waals surface area contributed by atoms with Gasteiger partial charge in [0, 0.05) is 16.4 Å². The lowest BCUT2D eigenvalue weighted by atomic mass is 9.77. The molecule has 5 atom stereocenters. The van der Waals surface area contributed by atoms with Gasteiger partial charge in [0.25, 0.3) is 0 Å². The molecule has 0 radical (unpaired) electrons. The molecule has 3 aliphatic heterocycles. The van der Waals surface area contributed by atoms with Gasteiger partial charge in [-0.2, -0.15) is 0 Å². The summed E-state index contributed by atoms with van der Waals surface area (Å²) in [5.41, 5.74) is 0.192. The number of likely N-dealkylation sites (tertiary alicyclic amines) is 1. The molecule has 0 saturated carbocycles. The Kier molecular flexibility index (Phi) is 3.19. The Labute approximate surface area is 142 Å². The number of amides is 1. The summed E-state index contributed by atoms with van der Waals surface area (Å²) in [6.07, 6.45) is 3.06. The average Bonchev–Trinajstić information content (AvgIpc) is 3.15. The van der Waals surface area contributed by atoms with Crippen LogP contribution in [0.3, 0.4) is 0 Å². The molecule has 4 rings (SSSR count). The van der Waals surface area contributed by atoms with Gasteiger partial charge >= 0.3 is 0 Å². The van der Waals surface area contributed by atoms with Gasteiger partial charge in [-0.25, -0.2) is 0 Å². The van der Waals surface area contributed by atoms with Gasteiger partial charge in [-0.15, -0.1) is 0 Å². The molecule has 0 unspecified atom stereocenters. The van der Waals surface area contributed by atoms with Crippen molar-refractivity contribution >= 4 is 27.8 Å². The Bertz CT molecular complexity index is 716. The fraction of sp³-hybridized carbons (Fsp3) is 0.412. The summed E-state index contributed by atoms with van der Waals surface area (Å²) in [6, 6.07) is 7.62. The Morgan fingerprint density at radius 2 is 2.13 bits per heavy atom. The molecule has 0 aromatic heterocycles. The van der Waals surface area contributed by atoms with Crippen molar-refractivity contribution in [3.8, 4) is 0 Å². The number of carbonyl (C=O) groups excluding carboxylic acids is 2. The lowest BCUT2D eigenvalue weighted by Crippen LogP contribution is -2.45. The SMILES string of the molecule is C[C@H](c1ccc(Br)cc1)N1C[C@]23C=C[C@@H](O2)[C@@H](C(=O)[O-])[C@@H]3C1=O. The van der Waals surface area contributed by atoms with Crippen molar-refractivity contribution in [2.24, 2.45) is 11.8 Å². The number of carboxylic acid groups (broad SMARTS) is 1. The number of fused-ring (bicyclic) bond motifs is 1. The number of aliphatic carboxylic acids is 1. The number of rotatable bonds is 3. The Morgan fingerprint density at radius 3 is 2.78 bits per heavy atom. The van der Waals surface area contributed by atoms with Crippen LogP contribution in [-0.4, -0.2) is 35.0 Å². The van der Waals surface area contributed by atoms with Crippen LogP contribution in [0.15, 0.2) is 40.9 Å². The predicted octanol–water partition coefficient (Wildman–Crippen LogP) is 1.04. The molecular weight excluding hydrogens is 362 g/mol. The van der Waals surface area contributed by atoms with Crippen LogP contribution >= 0.6 is 15.9 Å². The fourth-order valence-corrected chi connectivity index (χ4v) is 4.31. The number of benzene rings is 1. The average molecular weight is 377 g/mol. The van der Waals surface area contributed by atoms with Crippen molar-refractivity contribution in [3.05, 3.63) is 46.5 Å². The highest BCUT2D eigenvalue weighted by Gasteiger charge is 2.65. The second-order valence-electron chi connectivity index (χ2n) is 6.41. The minimum absolute atomic E-state index is 0.144. The van der Waals surface area contributed by atoms with Crippen molar-refractivity contribution < 1.29 is 19.4 Å². The number of ether oxygens (including phenoxy) is 1. The molecule has 2 saturated heterocycles. The van der Waals surface area contributed by atoms with Gasteiger partial charge in [-0.3, -0.25) is 4.79 Å². The molecule has 0 N–H and O–H groups in total. The zero-order valence-corrected chi connectivity index (χ0v) is 14.0. The van der Waals surface area contributed by atoms with E-state index in [1.165, 1.54) is 0 Å². The number of carboxylic acids is 1. The van der Waals surface area contributed by atoms with Gasteiger partial charge in [-0.05, 0) is 24.6 Å². The fourth-order valence-electron chi connectivity index (χ4n) is 4.05. The van der Waals surface area contributed by atoms with E-state index in [0.29, 0.717) is 6.54 Å². The third kappa shape index (κ3) is 2.01. The molecule has 3 heterocycles. The molecule has 1 aromatic carbocycles. The van der Waals surface area contributed by atoms with Crippen LogP contribution in [0, 0.1) is 11.8 Å². The van der Waals surface area contributed by atoms with Gasteiger partial charge in [0.15, 0.2) is 0 Å². The standard InChI is InChI=1S/C17H16BrNO4/c1-9(10-2-4-11(18)5-3-10)19-8-17-7-6-12(23-17)13(16(21)22)14(17)15(19)20/h2-7,9,12-14H,8H2,1H3,(H,21,22)/p-1/t9-,12-,13-,14-,17+/m1/s1. The maximum atomic E-state index is 12.9. The van der Waals surface area contributed by atoms with E-state index < -0.39 is 29.5 Å². The minimum atomic E-state index is -1.21. The summed E-state index contributed by atoms with van der Waals surface area (Å²) in [7, 11) is 0. The van der Waals surface area contributed by atoms with E-state index in [-0.39, 0.29) is 11.9 Å². The summed E-state index contributed by atoms with van der Waals surface area (Å²) in [6.45, 7) is 2.33. The molecule has 0 aliphatic carbocycles. The topological polar surface area (TPSA) is 69.7 Å². The molecule has 1 aromatic rings. The lowest BCUT2D eigenvalue weighted by molar-refractivity contribution is -0.313. The molecule has 2 bridgehead atoms. The van der Waals surface area contributed by atoms with Crippen molar-refractivity contribution in [1.29, 1.82) is 0 Å². The van der Waals surface area contributed by atoms with Crippen LogP contribution < -0.4 is 5.11 Å². The van der Waals surface area contributed by atoms with E-state index in [0.717, 1.165) is 10.0 Å². The number of hydrogen-bond acceptors (Lipinski definition) is 4. The number of nitrogens with zero attached hydrogens (tertiary/aromatic N) is 1. The first-order chi connectivity index (χ1) is 10.9. The van der Waals surface area contributed by atoms with E-state index in [1.54, 1.807) is 11.0 Å². The molecule has 23 heavy (non-hydrogen) atoms. The van der Waals surface area contributed by atoms with Gasteiger partial charge in [0.1, 0.15) is 5.60 Å². The van der Waals surface area contributed by atoms with Crippen LogP contribution in [0.5, 0.6) is 0 Å². The van der Waals surface area contributed by atoms with E-state index in [4.69, 9.17) is 4.74 Å². The van der Waals surface area contributed by atoms with Gasteiger partial charge in [-0.1, -0.05) is 40.2 Å². The van der Waals surface area contributed by atoms with Gasteiger partial charge in [0.05, 0.1) is 24.6 Å². The van der Waals surface area contributed by atoms with Crippen LogP contribution in [0.1, 0.15) is 18.5 Å². The summed E-state index contributed by atoms with van der Waals surface area (Å²) >= 11 is 3.40. The zero-order chi connectivity index (χ0) is 16.4.